The van der Waals surface area contributed by atoms with Crippen molar-refractivity contribution in [2.45, 2.75) is 20.4 Å². The molecule has 0 atom stereocenters. The van der Waals surface area contributed by atoms with Gasteiger partial charge in [-0.05, 0) is 98.3 Å². The molecule has 56 heavy (non-hydrogen) atoms. The van der Waals surface area contributed by atoms with Crippen LogP contribution in [0.2, 0.25) is 0 Å². The summed E-state index contributed by atoms with van der Waals surface area (Å²) in [7, 11) is 0. The molecule has 0 spiro atoms. The molecular formula is C42H40F2IN3O8. The van der Waals surface area contributed by atoms with Gasteiger partial charge in [0.15, 0.2) is 0 Å². The third-order valence-electron chi connectivity index (χ3n) is 8.94. The molecule has 0 unspecified atom stereocenters. The third-order valence-corrected chi connectivity index (χ3v) is 8.94. The minimum absolute atomic E-state index is 0. The molecule has 0 bridgehead atoms. The number of pyridine rings is 2. The van der Waals surface area contributed by atoms with E-state index in [9.17, 15) is 32.8 Å². The number of ether oxygens (including phenoxy) is 3. The summed E-state index contributed by atoms with van der Waals surface area (Å²) < 4.78 is 45.4. The van der Waals surface area contributed by atoms with E-state index in [0.717, 1.165) is 18.7 Å². The zero-order chi connectivity index (χ0) is 39.1. The van der Waals surface area contributed by atoms with Gasteiger partial charge in [0.2, 0.25) is 10.9 Å². The van der Waals surface area contributed by atoms with E-state index in [1.807, 2.05) is 18.2 Å². The van der Waals surface area contributed by atoms with Crippen LogP contribution in [0, 0.1) is 11.6 Å². The molecule has 7 rings (SSSR count). The monoisotopic (exact) mass is 879 g/mol. The Kier molecular flexibility index (Phi) is 14.0. The zero-order valence-electron chi connectivity index (χ0n) is 30.5. The summed E-state index contributed by atoms with van der Waals surface area (Å²) in [4.78, 5) is 63.6. The van der Waals surface area contributed by atoms with Crippen LogP contribution in [-0.2, 0) is 20.8 Å². The van der Waals surface area contributed by atoms with E-state index in [2.05, 4.69) is 4.90 Å². The Morgan fingerprint density at radius 2 is 1.18 bits per heavy atom. The van der Waals surface area contributed by atoms with Crippen molar-refractivity contribution >= 4 is 64.0 Å². The van der Waals surface area contributed by atoms with E-state index < -0.39 is 23.2 Å². The minimum atomic E-state index is -0.748. The van der Waals surface area contributed by atoms with Crippen LogP contribution in [0.5, 0.6) is 0 Å². The van der Waals surface area contributed by atoms with Gasteiger partial charge in [0, 0.05) is 61.2 Å². The van der Waals surface area contributed by atoms with Crippen LogP contribution < -0.4 is 10.9 Å². The maximum Gasteiger partial charge on any atom is 0.343 e. The molecule has 2 aromatic heterocycles. The predicted molar refractivity (Wildman–Crippen MR) is 220 cm³/mol. The lowest BCUT2D eigenvalue weighted by Gasteiger charge is -2.26. The smallest absolute Gasteiger partial charge is 0.343 e. The number of esters is 2. The highest BCUT2D eigenvalue weighted by Crippen LogP contribution is 2.22. The summed E-state index contributed by atoms with van der Waals surface area (Å²) in [5.74, 6) is -2.17. The summed E-state index contributed by atoms with van der Waals surface area (Å²) in [5.41, 5.74) is 2.56. The Balaban J connectivity index is 0.000000248. The van der Waals surface area contributed by atoms with Gasteiger partial charge in [0.25, 0.3) is 0 Å². The van der Waals surface area contributed by atoms with Crippen molar-refractivity contribution in [3.05, 3.63) is 152 Å². The van der Waals surface area contributed by atoms with Crippen molar-refractivity contribution in [1.29, 1.82) is 0 Å². The second kappa shape index (κ2) is 18.8. The molecule has 0 radical (unpaired) electrons. The minimum Gasteiger partial charge on any atom is -0.462 e. The molecule has 1 saturated heterocycles. The molecule has 0 aliphatic carbocycles. The highest BCUT2D eigenvalue weighted by Gasteiger charge is 2.20. The van der Waals surface area contributed by atoms with E-state index in [0.29, 0.717) is 59.4 Å². The number of hydrogen-bond donors (Lipinski definition) is 0. The average Bonchev–Trinajstić information content (AvgIpc) is 3.20. The molecule has 11 nitrogen and oxygen atoms in total. The quantitative estimate of drug-likeness (QED) is 0.0848. The van der Waals surface area contributed by atoms with Gasteiger partial charge in [0.05, 0.1) is 37.5 Å². The lowest BCUT2D eigenvalue weighted by molar-refractivity contribution is 0.0342. The number of hydrogen-bond acceptors (Lipinski definition) is 9. The molecule has 0 N–H and O–H groups in total. The van der Waals surface area contributed by atoms with Crippen LogP contribution >= 0.6 is 24.0 Å². The number of aldehydes is 1. The Labute approximate surface area is 338 Å². The third kappa shape index (κ3) is 9.26. The first-order valence-electron chi connectivity index (χ1n) is 17.6. The van der Waals surface area contributed by atoms with Gasteiger partial charge in [-0.3, -0.25) is 19.3 Å². The van der Waals surface area contributed by atoms with Gasteiger partial charge in [0.1, 0.15) is 29.0 Å². The predicted octanol–water partition coefficient (Wildman–Crippen LogP) is 7.12. The van der Waals surface area contributed by atoms with E-state index in [-0.39, 0.29) is 66.4 Å². The maximum atomic E-state index is 13.4. The van der Waals surface area contributed by atoms with Crippen molar-refractivity contribution in [3.63, 3.8) is 0 Å². The second-order valence-electron chi connectivity index (χ2n) is 12.5. The highest BCUT2D eigenvalue weighted by atomic mass is 127. The average molecular weight is 880 g/mol. The van der Waals surface area contributed by atoms with Crippen LogP contribution in [0.25, 0.3) is 33.2 Å². The second-order valence-corrected chi connectivity index (χ2v) is 12.5. The van der Waals surface area contributed by atoms with E-state index >= 15 is 0 Å². The summed E-state index contributed by atoms with van der Waals surface area (Å²) in [6.07, 6.45) is 3.46. The molecule has 292 valence electrons. The van der Waals surface area contributed by atoms with Crippen molar-refractivity contribution in [1.82, 2.24) is 14.0 Å². The Morgan fingerprint density at radius 1 is 0.714 bits per heavy atom. The lowest BCUT2D eigenvalue weighted by Crippen LogP contribution is -2.35. The number of morpholine rings is 1. The first-order chi connectivity index (χ1) is 26.6. The topological polar surface area (TPSA) is 126 Å². The molecular weight excluding hydrogens is 839 g/mol. The number of halogens is 3. The largest absolute Gasteiger partial charge is 0.462 e. The molecule has 14 heteroatoms. The number of carbonyl (C=O) groups excluding carboxylic acids is 3. The number of fused-ring (bicyclic) bond motifs is 2. The van der Waals surface area contributed by atoms with E-state index in [1.165, 1.54) is 54.9 Å². The van der Waals surface area contributed by atoms with E-state index in [4.69, 9.17) is 14.2 Å². The fraction of sp³-hybridized carbons (Fsp3) is 0.214. The fourth-order valence-corrected chi connectivity index (χ4v) is 6.25. The van der Waals surface area contributed by atoms with Gasteiger partial charge in [-0.25, -0.2) is 18.4 Å². The van der Waals surface area contributed by atoms with Crippen molar-refractivity contribution in [2.24, 2.45) is 0 Å². The number of carbonyl (C=O) groups is 3. The number of aromatic nitrogens is 2. The molecule has 3 heterocycles. The number of nitrogens with zero attached hydrogens (tertiary/aromatic N) is 3. The summed E-state index contributed by atoms with van der Waals surface area (Å²) >= 11 is 0. The van der Waals surface area contributed by atoms with Crippen LogP contribution in [-0.4, -0.2) is 71.8 Å². The molecule has 0 saturated carbocycles. The number of benzene rings is 4. The molecule has 0 amide bonds. The van der Waals surface area contributed by atoms with Crippen LogP contribution in [0.1, 0.15) is 51.9 Å². The van der Waals surface area contributed by atoms with Crippen LogP contribution in [0.4, 0.5) is 8.78 Å². The fourth-order valence-electron chi connectivity index (χ4n) is 6.25. The van der Waals surface area contributed by atoms with Gasteiger partial charge >= 0.3 is 11.9 Å². The number of rotatable bonds is 9. The molecule has 4 aromatic carbocycles. The Bertz CT molecular complexity index is 2500. The molecule has 6 aromatic rings. The van der Waals surface area contributed by atoms with Crippen LogP contribution in [0.3, 0.4) is 0 Å². The summed E-state index contributed by atoms with van der Waals surface area (Å²) in [6, 6.07) is 21.8. The van der Waals surface area contributed by atoms with Gasteiger partial charge in [-0.15, -0.1) is 24.0 Å². The van der Waals surface area contributed by atoms with Gasteiger partial charge in [-0.2, -0.15) is 0 Å². The molecule has 1 fully saturated rings. The normalized spacial score (nSPS) is 12.6. The first-order valence-corrected chi connectivity index (χ1v) is 17.6. The lowest BCUT2D eigenvalue weighted by atomic mass is 10.1. The van der Waals surface area contributed by atoms with Crippen molar-refractivity contribution in [3.8, 4) is 11.4 Å². The summed E-state index contributed by atoms with van der Waals surface area (Å²) in [5, 5.41) is 0.634. The Morgan fingerprint density at radius 3 is 1.64 bits per heavy atom. The van der Waals surface area contributed by atoms with Crippen LogP contribution in [0.15, 0.2) is 107 Å². The molecule has 1 aliphatic heterocycles. The van der Waals surface area contributed by atoms with Gasteiger partial charge < -0.3 is 23.3 Å². The van der Waals surface area contributed by atoms with Crippen molar-refractivity contribution in [2.75, 3.05) is 39.5 Å². The van der Waals surface area contributed by atoms with E-state index in [1.54, 1.807) is 47.2 Å². The van der Waals surface area contributed by atoms with Gasteiger partial charge in [-0.1, -0.05) is 6.07 Å². The zero-order valence-corrected chi connectivity index (χ0v) is 32.9. The SMILES string of the molecule is CCOC(=O)c1cn(-c2ccc(F)cc2)c2ccc(C=O)cc2c1=O.CCOC(=O)c1cn(-c2ccc(F)cc2)c2ccc(CN3CCOCC3)cc2c1=O.I.[HH]. The van der Waals surface area contributed by atoms with Crippen molar-refractivity contribution < 1.29 is 38.8 Å². The Hall–Kier alpha value is -5.58. The highest BCUT2D eigenvalue weighted by molar-refractivity contribution is 14.0. The standard InChI is InChI=1S/C23H23FN2O4.C19H14FNO4.HI.H2/c1-2-30-23(28)20-15-26(18-6-4-17(24)5-7-18)21-8-3-16(13-19(21)22(20)27)14-25-9-11-29-12-10-25;1-2-25-19(24)16-10-21(14-6-4-13(20)5-7-14)17-8-3-12(11-22)9-15(17)18(16)23;;/h3-8,13,15H,2,9-12,14H2,1H3;3-11H,2H2,1H3;2*1H. The first kappa shape index (κ1) is 41.6. The molecule has 1 aliphatic rings. The maximum absolute atomic E-state index is 13.4. The summed E-state index contributed by atoms with van der Waals surface area (Å²) in [6.45, 7) is 7.38.